The van der Waals surface area contributed by atoms with E-state index in [0.29, 0.717) is 16.6 Å². The fourth-order valence-corrected chi connectivity index (χ4v) is 11.0. The van der Waals surface area contributed by atoms with Crippen molar-refractivity contribution >= 4 is 19.1 Å². The van der Waals surface area contributed by atoms with Crippen LogP contribution in [0, 0.1) is 5.85 Å². The molecule has 1 heterocycles. The molecule has 0 bridgehead atoms. The first kappa shape index (κ1) is 22.6. The van der Waals surface area contributed by atoms with Gasteiger partial charge in [0.1, 0.15) is 5.75 Å². The molecule has 0 aliphatic heterocycles. The summed E-state index contributed by atoms with van der Waals surface area (Å²) in [5, 5.41) is 8.95. The Morgan fingerprint density at radius 1 is 0.821 bits per heavy atom. The minimum atomic E-state index is -2.11. The van der Waals surface area contributed by atoms with Crippen molar-refractivity contribution in [3.8, 4) is 5.75 Å². The fourth-order valence-electron chi connectivity index (χ4n) is 4.67. The van der Waals surface area contributed by atoms with Gasteiger partial charge in [0.25, 0.3) is 0 Å². The van der Waals surface area contributed by atoms with E-state index in [9.17, 15) is 0 Å². The predicted molar refractivity (Wildman–Crippen MR) is 114 cm³/mol. The van der Waals surface area contributed by atoms with Crippen LogP contribution in [0.25, 0.3) is 11.0 Å². The molecule has 0 fully saturated rings. The predicted octanol–water partition coefficient (Wildman–Crippen LogP) is 3.07. The summed E-state index contributed by atoms with van der Waals surface area (Å²) in [7, 11) is -2.11. The van der Waals surface area contributed by atoms with Crippen LogP contribution in [0.15, 0.2) is 54.6 Å². The van der Waals surface area contributed by atoms with Crippen molar-refractivity contribution < 1.29 is 23.6 Å². The number of hydrogen-bond acceptors (Lipinski definition) is 3. The minimum Gasteiger partial charge on any atom is -0.534 e. The topological polar surface area (TPSA) is 39.9 Å². The summed E-state index contributed by atoms with van der Waals surface area (Å²) >= 11 is 0. The Morgan fingerprint density at radius 2 is 1.36 bits per heavy atom. The smallest absolute Gasteiger partial charge is 0.534 e. The molecule has 0 saturated carbocycles. The summed E-state index contributed by atoms with van der Waals surface area (Å²) in [6, 6.07) is 18.2. The number of ether oxygens (including phenoxy) is 1. The SMILES string of the molecule is CC(C)[Si]([C-](Oc1ccccc1)n1nnc2ccccc21)(C(C)C)C(C)C.[Li+]. The third-order valence-electron chi connectivity index (χ3n) is 5.74. The van der Waals surface area contributed by atoms with E-state index in [-0.39, 0.29) is 18.9 Å². The average molecular weight is 388 g/mol. The van der Waals surface area contributed by atoms with Gasteiger partial charge in [0, 0.05) is 11.4 Å². The van der Waals surface area contributed by atoms with Crippen LogP contribution in [0.3, 0.4) is 0 Å². The molecule has 6 heteroatoms. The molecule has 2 aromatic carbocycles. The normalized spacial score (nSPS) is 11.9. The molecule has 28 heavy (non-hydrogen) atoms. The van der Waals surface area contributed by atoms with Crippen molar-refractivity contribution in [3.63, 3.8) is 0 Å². The molecule has 0 atom stereocenters. The first-order chi connectivity index (χ1) is 12.9. The number of aromatic nitrogens is 3. The Hall–Kier alpha value is -1.68. The van der Waals surface area contributed by atoms with Crippen molar-refractivity contribution in [1.82, 2.24) is 15.0 Å². The van der Waals surface area contributed by atoms with E-state index in [2.05, 4.69) is 57.9 Å². The summed E-state index contributed by atoms with van der Waals surface area (Å²) in [6.07, 6.45) is 0. The zero-order chi connectivity index (χ0) is 19.6. The van der Waals surface area contributed by atoms with Crippen molar-refractivity contribution in [3.05, 3.63) is 60.4 Å². The van der Waals surface area contributed by atoms with Crippen molar-refractivity contribution in [2.24, 2.45) is 0 Å². The summed E-state index contributed by atoms with van der Waals surface area (Å²) in [6.45, 7) is 14.0. The van der Waals surface area contributed by atoms with Crippen molar-refractivity contribution in [2.45, 2.75) is 58.2 Å². The molecular weight excluding hydrogens is 357 g/mol. The van der Waals surface area contributed by atoms with Crippen molar-refractivity contribution in [1.29, 1.82) is 0 Å². The summed E-state index contributed by atoms with van der Waals surface area (Å²) < 4.78 is 8.62. The van der Waals surface area contributed by atoms with Gasteiger partial charge in [-0.25, -0.2) is 0 Å². The zero-order valence-electron chi connectivity index (χ0n) is 18.2. The second-order valence-electron chi connectivity index (χ2n) is 8.11. The van der Waals surface area contributed by atoms with Crippen LogP contribution in [-0.4, -0.2) is 23.1 Å². The summed E-state index contributed by atoms with van der Waals surface area (Å²) in [5.41, 5.74) is 3.39. The molecule has 3 aromatic rings. The van der Waals surface area contributed by atoms with Crippen LogP contribution in [0.2, 0.25) is 16.6 Å². The molecule has 0 aliphatic carbocycles. The number of rotatable bonds is 7. The van der Waals surface area contributed by atoms with E-state index in [4.69, 9.17) is 4.74 Å². The van der Waals surface area contributed by atoms with Gasteiger partial charge in [0.15, 0.2) is 0 Å². The minimum absolute atomic E-state index is 0. The number of nitrogens with zero attached hydrogens (tertiary/aromatic N) is 3. The van der Waals surface area contributed by atoms with Crippen LogP contribution in [-0.2, 0) is 0 Å². The van der Waals surface area contributed by atoms with E-state index in [1.54, 1.807) is 0 Å². The molecule has 144 valence electrons. The zero-order valence-corrected chi connectivity index (χ0v) is 19.2. The standard InChI is InChI=1S/C22H30N3OSi.Li/c1-16(2)27(17(3)4,18(5)6)22(26-19-12-8-7-9-13-19)25-21-15-11-10-14-20(21)23-24-25;/h7-18H,1-6H3;/q-1;+1. The van der Waals surface area contributed by atoms with Gasteiger partial charge in [-0.2, -0.15) is 5.10 Å². The largest absolute Gasteiger partial charge is 1.00 e. The van der Waals surface area contributed by atoms with Gasteiger partial charge in [-0.05, 0) is 12.1 Å². The Balaban J connectivity index is 0.00000280. The van der Waals surface area contributed by atoms with Gasteiger partial charge in [-0.1, -0.05) is 105 Å². The van der Waals surface area contributed by atoms with Gasteiger partial charge < -0.3 is 9.42 Å². The second kappa shape index (κ2) is 9.21. The monoisotopic (exact) mass is 387 g/mol. The maximum Gasteiger partial charge on any atom is 1.00 e. The first-order valence-corrected chi connectivity index (χ1v) is 12.0. The van der Waals surface area contributed by atoms with Crippen molar-refractivity contribution in [2.75, 3.05) is 0 Å². The molecule has 0 radical (unpaired) electrons. The van der Waals surface area contributed by atoms with Gasteiger partial charge in [0.2, 0.25) is 0 Å². The van der Waals surface area contributed by atoms with Crippen LogP contribution in [0.5, 0.6) is 5.75 Å². The summed E-state index contributed by atoms with van der Waals surface area (Å²) in [4.78, 5) is 0. The Morgan fingerprint density at radius 3 is 1.93 bits per heavy atom. The first-order valence-electron chi connectivity index (χ1n) is 9.80. The molecule has 0 amide bonds. The molecule has 0 aliphatic rings. The Kier molecular flexibility index (Phi) is 7.44. The number of fused-ring (bicyclic) bond motifs is 1. The molecule has 3 rings (SSSR count). The molecule has 0 unspecified atom stereocenters. The van der Waals surface area contributed by atoms with Crippen LogP contribution < -0.4 is 23.6 Å². The molecule has 0 N–H and O–H groups in total. The second-order valence-corrected chi connectivity index (χ2v) is 13.9. The quantitative estimate of drug-likeness (QED) is 0.462. The third kappa shape index (κ3) is 3.89. The Bertz CT molecular complexity index is 858. The van der Waals surface area contributed by atoms with E-state index in [0.717, 1.165) is 22.6 Å². The number of benzene rings is 2. The van der Waals surface area contributed by atoms with Crippen LogP contribution in [0.1, 0.15) is 41.5 Å². The van der Waals surface area contributed by atoms with Crippen LogP contribution >= 0.6 is 0 Å². The molecule has 0 spiro atoms. The van der Waals surface area contributed by atoms with Gasteiger partial charge >= 0.3 is 18.9 Å². The van der Waals surface area contributed by atoms with E-state index in [1.807, 2.05) is 53.2 Å². The third-order valence-corrected chi connectivity index (χ3v) is 12.5. The van der Waals surface area contributed by atoms with E-state index in [1.165, 1.54) is 0 Å². The van der Waals surface area contributed by atoms with Gasteiger partial charge in [-0.3, -0.25) is 0 Å². The van der Waals surface area contributed by atoms with Gasteiger partial charge in [0.05, 0.1) is 8.07 Å². The maximum atomic E-state index is 6.66. The molecule has 0 saturated heterocycles. The molecule has 1 aromatic heterocycles. The molecule has 4 nitrogen and oxygen atoms in total. The maximum absolute atomic E-state index is 6.66. The van der Waals surface area contributed by atoms with Gasteiger partial charge in [-0.15, -0.1) is 6.07 Å². The summed E-state index contributed by atoms with van der Waals surface area (Å²) in [5.74, 6) is 1.84. The van der Waals surface area contributed by atoms with Crippen LogP contribution in [0.4, 0.5) is 0 Å². The fraction of sp³-hybridized carbons (Fsp3) is 0.409. The number of hydrogen-bond donors (Lipinski definition) is 0. The number of para-hydroxylation sites is 2. The Labute approximate surface area is 181 Å². The average Bonchev–Trinajstić information content (AvgIpc) is 3.05. The van der Waals surface area contributed by atoms with E-state index < -0.39 is 8.07 Å². The molecular formula is C22H30LiN3OSi. The van der Waals surface area contributed by atoms with E-state index >= 15 is 0 Å².